The van der Waals surface area contributed by atoms with Gasteiger partial charge in [-0.25, -0.2) is 18.1 Å². The van der Waals surface area contributed by atoms with Crippen LogP contribution in [-0.4, -0.2) is 42.4 Å². The first-order valence-electron chi connectivity index (χ1n) is 8.78. The third-order valence-corrected chi connectivity index (χ3v) is 5.72. The molecule has 0 spiro atoms. The van der Waals surface area contributed by atoms with Crippen LogP contribution < -0.4 is 9.46 Å². The van der Waals surface area contributed by atoms with Crippen molar-refractivity contribution < 1.29 is 17.9 Å². The zero-order chi connectivity index (χ0) is 18.6. The molecule has 0 radical (unpaired) electrons. The fraction of sp³-hybridized carbons (Fsp3) is 0.529. The van der Waals surface area contributed by atoms with Gasteiger partial charge in [0.1, 0.15) is 11.0 Å². The van der Waals surface area contributed by atoms with Crippen LogP contribution in [0.15, 0.2) is 35.6 Å². The Morgan fingerprint density at radius 1 is 1.35 bits per heavy atom. The minimum Gasteiger partial charge on any atom is -0.478 e. The maximum Gasteiger partial charge on any atom is 0.242 e. The topological polar surface area (TPSA) is 95.3 Å². The first kappa shape index (κ1) is 18.8. The van der Waals surface area contributed by atoms with Crippen molar-refractivity contribution in [3.63, 3.8) is 0 Å². The van der Waals surface area contributed by atoms with E-state index in [1.807, 2.05) is 20.0 Å². The number of hydrogen-bond acceptors (Lipinski definition) is 6. The standard InChI is InChI=1S/C17H24N4O4S/c1-3-21-12-13(10-19-21)17-15(6-5-9-25-17)20-26(22,23)14-7-8-16(18-11-14)24-4-2/h7-8,10-12,15,17,20H,3-6,9H2,1-2H3/t15-,17+/m0/s1. The van der Waals surface area contributed by atoms with E-state index >= 15 is 0 Å². The molecule has 26 heavy (non-hydrogen) atoms. The summed E-state index contributed by atoms with van der Waals surface area (Å²) in [6, 6.07) is 2.70. The summed E-state index contributed by atoms with van der Waals surface area (Å²) in [5, 5.41) is 4.26. The van der Waals surface area contributed by atoms with Gasteiger partial charge in [-0.3, -0.25) is 4.68 Å². The summed E-state index contributed by atoms with van der Waals surface area (Å²) in [5.74, 6) is 0.400. The molecular formula is C17H24N4O4S. The first-order valence-corrected chi connectivity index (χ1v) is 10.3. The van der Waals surface area contributed by atoms with E-state index in [4.69, 9.17) is 9.47 Å². The lowest BCUT2D eigenvalue weighted by molar-refractivity contribution is -0.00447. The number of aryl methyl sites for hydroxylation is 1. The van der Waals surface area contributed by atoms with Gasteiger partial charge in [0.05, 0.1) is 25.0 Å². The summed E-state index contributed by atoms with van der Waals surface area (Å²) in [5.41, 5.74) is 0.879. The van der Waals surface area contributed by atoms with Crippen LogP contribution in [0.25, 0.3) is 0 Å². The molecule has 3 heterocycles. The molecule has 1 aliphatic heterocycles. The number of aromatic nitrogens is 3. The molecule has 0 unspecified atom stereocenters. The van der Waals surface area contributed by atoms with E-state index in [-0.39, 0.29) is 17.0 Å². The first-order chi connectivity index (χ1) is 12.5. The van der Waals surface area contributed by atoms with E-state index < -0.39 is 10.0 Å². The minimum atomic E-state index is -3.71. The predicted octanol–water partition coefficient (Wildman–Crippen LogP) is 1.90. The van der Waals surface area contributed by atoms with E-state index in [1.54, 1.807) is 16.9 Å². The van der Waals surface area contributed by atoms with Crippen molar-refractivity contribution in [1.29, 1.82) is 0 Å². The van der Waals surface area contributed by atoms with Crippen LogP contribution in [0.1, 0.15) is 38.4 Å². The molecule has 0 amide bonds. The Balaban J connectivity index is 1.77. The van der Waals surface area contributed by atoms with E-state index in [0.717, 1.165) is 18.5 Å². The van der Waals surface area contributed by atoms with Crippen LogP contribution in [0.2, 0.25) is 0 Å². The van der Waals surface area contributed by atoms with Crippen molar-refractivity contribution in [2.75, 3.05) is 13.2 Å². The van der Waals surface area contributed by atoms with E-state index in [9.17, 15) is 8.42 Å². The lowest BCUT2D eigenvalue weighted by atomic mass is 9.99. The molecule has 8 nitrogen and oxygen atoms in total. The van der Waals surface area contributed by atoms with Crippen LogP contribution >= 0.6 is 0 Å². The smallest absolute Gasteiger partial charge is 0.242 e. The van der Waals surface area contributed by atoms with Crippen LogP contribution in [-0.2, 0) is 21.3 Å². The second-order valence-corrected chi connectivity index (χ2v) is 7.77. The van der Waals surface area contributed by atoms with Gasteiger partial charge in [0.2, 0.25) is 15.9 Å². The predicted molar refractivity (Wildman–Crippen MR) is 95.3 cm³/mol. The van der Waals surface area contributed by atoms with Crippen LogP contribution in [0, 0.1) is 0 Å². The molecule has 9 heteroatoms. The quantitative estimate of drug-likeness (QED) is 0.788. The maximum absolute atomic E-state index is 12.7. The largest absolute Gasteiger partial charge is 0.478 e. The highest BCUT2D eigenvalue weighted by Gasteiger charge is 2.32. The van der Waals surface area contributed by atoms with Gasteiger partial charge in [-0.05, 0) is 32.8 Å². The Hall–Kier alpha value is -1.97. The van der Waals surface area contributed by atoms with Crippen molar-refractivity contribution in [3.05, 3.63) is 36.3 Å². The second-order valence-electron chi connectivity index (χ2n) is 6.06. The number of nitrogens with one attached hydrogen (secondary N) is 1. The number of hydrogen-bond donors (Lipinski definition) is 1. The van der Waals surface area contributed by atoms with E-state index in [2.05, 4.69) is 14.8 Å². The van der Waals surface area contributed by atoms with Crippen LogP contribution in [0.3, 0.4) is 0 Å². The molecule has 0 saturated carbocycles. The number of rotatable bonds is 7. The van der Waals surface area contributed by atoms with Gasteiger partial charge in [0.15, 0.2) is 0 Å². The number of sulfonamides is 1. The van der Waals surface area contributed by atoms with Crippen molar-refractivity contribution in [2.24, 2.45) is 0 Å². The average Bonchev–Trinajstić information content (AvgIpc) is 3.12. The lowest BCUT2D eigenvalue weighted by Crippen LogP contribution is -2.42. The number of pyridine rings is 1. The molecular weight excluding hydrogens is 356 g/mol. The molecule has 0 bridgehead atoms. The Labute approximate surface area is 153 Å². The third kappa shape index (κ3) is 4.22. The van der Waals surface area contributed by atoms with Gasteiger partial charge in [0, 0.05) is 31.0 Å². The van der Waals surface area contributed by atoms with E-state index in [1.165, 1.54) is 12.3 Å². The second kappa shape index (κ2) is 8.15. The van der Waals surface area contributed by atoms with Crippen LogP contribution in [0.4, 0.5) is 0 Å². The summed E-state index contributed by atoms with van der Waals surface area (Å²) in [4.78, 5) is 4.14. The molecule has 1 aliphatic rings. The monoisotopic (exact) mass is 380 g/mol. The van der Waals surface area contributed by atoms with Gasteiger partial charge < -0.3 is 9.47 Å². The summed E-state index contributed by atoms with van der Waals surface area (Å²) < 4.78 is 41.2. The molecule has 142 valence electrons. The normalized spacial score (nSPS) is 20.8. The highest BCUT2D eigenvalue weighted by atomic mass is 32.2. The number of ether oxygens (including phenoxy) is 2. The lowest BCUT2D eigenvalue weighted by Gasteiger charge is -2.31. The molecule has 3 rings (SSSR count). The summed E-state index contributed by atoms with van der Waals surface area (Å²) >= 11 is 0. The SMILES string of the molecule is CCOc1ccc(S(=O)(=O)N[C@H]2CCCO[C@@H]2c2cnn(CC)c2)cn1. The van der Waals surface area contributed by atoms with E-state index in [0.29, 0.717) is 25.5 Å². The number of nitrogens with zero attached hydrogens (tertiary/aromatic N) is 3. The molecule has 0 aliphatic carbocycles. The average molecular weight is 380 g/mol. The van der Waals surface area contributed by atoms with Gasteiger partial charge in [-0.1, -0.05) is 0 Å². The Morgan fingerprint density at radius 2 is 2.19 bits per heavy atom. The Kier molecular flexibility index (Phi) is 5.90. The van der Waals surface area contributed by atoms with Crippen molar-refractivity contribution in [3.8, 4) is 5.88 Å². The van der Waals surface area contributed by atoms with Gasteiger partial charge in [-0.2, -0.15) is 5.10 Å². The highest BCUT2D eigenvalue weighted by Crippen LogP contribution is 2.29. The minimum absolute atomic E-state index is 0.106. The Morgan fingerprint density at radius 3 is 2.85 bits per heavy atom. The van der Waals surface area contributed by atoms with Crippen LogP contribution in [0.5, 0.6) is 5.88 Å². The zero-order valence-corrected chi connectivity index (χ0v) is 15.8. The summed E-state index contributed by atoms with van der Waals surface area (Å²) in [7, 11) is -3.71. The molecule has 1 N–H and O–H groups in total. The fourth-order valence-electron chi connectivity index (χ4n) is 2.96. The van der Waals surface area contributed by atoms with Gasteiger partial charge in [-0.15, -0.1) is 0 Å². The fourth-order valence-corrected chi connectivity index (χ4v) is 4.17. The van der Waals surface area contributed by atoms with Crippen molar-refractivity contribution in [1.82, 2.24) is 19.5 Å². The van der Waals surface area contributed by atoms with Crippen molar-refractivity contribution >= 4 is 10.0 Å². The molecule has 1 saturated heterocycles. The molecule has 2 aromatic rings. The molecule has 2 aromatic heterocycles. The molecule has 2 atom stereocenters. The Bertz CT molecular complexity index is 820. The highest BCUT2D eigenvalue weighted by molar-refractivity contribution is 7.89. The van der Waals surface area contributed by atoms with Gasteiger partial charge in [0.25, 0.3) is 0 Å². The van der Waals surface area contributed by atoms with Crippen molar-refractivity contribution in [2.45, 2.75) is 50.3 Å². The maximum atomic E-state index is 12.7. The third-order valence-electron chi connectivity index (χ3n) is 4.25. The van der Waals surface area contributed by atoms with Gasteiger partial charge >= 0.3 is 0 Å². The molecule has 1 fully saturated rings. The summed E-state index contributed by atoms with van der Waals surface area (Å²) in [6.45, 7) is 5.67. The summed E-state index contributed by atoms with van der Waals surface area (Å²) in [6.07, 6.45) is 6.09. The molecule has 0 aromatic carbocycles. The zero-order valence-electron chi connectivity index (χ0n) is 15.0.